The minimum absolute atomic E-state index is 0.0744. The Bertz CT molecular complexity index is 633. The van der Waals surface area contributed by atoms with Crippen LogP contribution in [0.5, 0.6) is 0 Å². The molecule has 6 nitrogen and oxygen atoms in total. The lowest BCUT2D eigenvalue weighted by atomic mass is 10.2. The number of carbonyl (C=O) groups excluding carboxylic acids is 1. The molecule has 1 aliphatic heterocycles. The molecule has 2 aromatic rings. The van der Waals surface area contributed by atoms with Gasteiger partial charge in [0.15, 0.2) is 0 Å². The molecule has 1 fully saturated rings. The van der Waals surface area contributed by atoms with Crippen LogP contribution in [-0.2, 0) is 4.74 Å². The lowest BCUT2D eigenvalue weighted by Gasteiger charge is -2.32. The third kappa shape index (κ3) is 3.05. The summed E-state index contributed by atoms with van der Waals surface area (Å²) in [7, 11) is 0. The normalized spacial score (nSPS) is 18.5. The van der Waals surface area contributed by atoms with Crippen molar-refractivity contribution in [2.24, 2.45) is 0 Å². The van der Waals surface area contributed by atoms with Crippen LogP contribution in [-0.4, -0.2) is 45.5 Å². The summed E-state index contributed by atoms with van der Waals surface area (Å²) in [5.41, 5.74) is 1.26. The van der Waals surface area contributed by atoms with E-state index in [1.165, 1.54) is 0 Å². The summed E-state index contributed by atoms with van der Waals surface area (Å²) in [6, 6.07) is 7.16. The standard InChI is InChI=1S/C15H16N4O2/c1-11-16-7-5-12(18-11)14-10-19(8-9-21-14)15(20)13-4-2-3-6-17-13/h2-7,14H,8-10H2,1H3/t14-/m0/s1. The van der Waals surface area contributed by atoms with Crippen LogP contribution in [0, 0.1) is 6.92 Å². The zero-order chi connectivity index (χ0) is 14.7. The third-order valence-corrected chi connectivity index (χ3v) is 3.37. The maximum absolute atomic E-state index is 12.4. The molecule has 0 unspecified atom stereocenters. The molecule has 0 aliphatic carbocycles. The number of aryl methyl sites for hydroxylation is 1. The van der Waals surface area contributed by atoms with Crippen LogP contribution in [0.15, 0.2) is 36.7 Å². The maximum atomic E-state index is 12.4. The molecular weight excluding hydrogens is 268 g/mol. The van der Waals surface area contributed by atoms with E-state index in [-0.39, 0.29) is 12.0 Å². The van der Waals surface area contributed by atoms with Crippen molar-refractivity contribution in [2.75, 3.05) is 19.7 Å². The second-order valence-electron chi connectivity index (χ2n) is 4.85. The Balaban J connectivity index is 1.75. The van der Waals surface area contributed by atoms with E-state index in [4.69, 9.17) is 4.74 Å². The fraction of sp³-hybridized carbons (Fsp3) is 0.333. The number of rotatable bonds is 2. The highest BCUT2D eigenvalue weighted by atomic mass is 16.5. The molecule has 0 saturated carbocycles. The molecule has 2 aromatic heterocycles. The fourth-order valence-electron chi connectivity index (χ4n) is 2.32. The Labute approximate surface area is 122 Å². The van der Waals surface area contributed by atoms with Crippen molar-refractivity contribution < 1.29 is 9.53 Å². The van der Waals surface area contributed by atoms with E-state index >= 15 is 0 Å². The second kappa shape index (κ2) is 5.97. The summed E-state index contributed by atoms with van der Waals surface area (Å²) in [5.74, 6) is 0.624. The molecule has 1 amide bonds. The summed E-state index contributed by atoms with van der Waals surface area (Å²) in [6.45, 7) is 3.37. The Hall–Kier alpha value is -2.34. The van der Waals surface area contributed by atoms with Gasteiger partial charge in [0.2, 0.25) is 0 Å². The molecule has 1 aliphatic rings. The first-order valence-corrected chi connectivity index (χ1v) is 6.85. The van der Waals surface area contributed by atoms with Crippen LogP contribution in [0.2, 0.25) is 0 Å². The molecule has 1 saturated heterocycles. The minimum Gasteiger partial charge on any atom is -0.368 e. The highest BCUT2D eigenvalue weighted by molar-refractivity contribution is 5.92. The van der Waals surface area contributed by atoms with Gasteiger partial charge in [-0.05, 0) is 25.1 Å². The summed E-state index contributed by atoms with van der Waals surface area (Å²) < 4.78 is 5.73. The number of carbonyl (C=O) groups is 1. The van der Waals surface area contributed by atoms with Crippen LogP contribution in [0.4, 0.5) is 0 Å². The fourth-order valence-corrected chi connectivity index (χ4v) is 2.32. The van der Waals surface area contributed by atoms with Gasteiger partial charge >= 0.3 is 0 Å². The number of amides is 1. The van der Waals surface area contributed by atoms with E-state index < -0.39 is 0 Å². The molecular formula is C15H16N4O2. The lowest BCUT2D eigenvalue weighted by molar-refractivity contribution is -0.0250. The van der Waals surface area contributed by atoms with Crippen molar-refractivity contribution in [3.8, 4) is 0 Å². The monoisotopic (exact) mass is 284 g/mol. The van der Waals surface area contributed by atoms with Crippen molar-refractivity contribution in [3.05, 3.63) is 53.9 Å². The van der Waals surface area contributed by atoms with Gasteiger partial charge in [0.05, 0.1) is 18.8 Å². The molecule has 0 radical (unpaired) electrons. The summed E-state index contributed by atoms with van der Waals surface area (Å²) >= 11 is 0. The van der Waals surface area contributed by atoms with Gasteiger partial charge in [-0.3, -0.25) is 9.78 Å². The Morgan fingerprint density at radius 3 is 2.95 bits per heavy atom. The van der Waals surface area contributed by atoms with Gasteiger partial charge in [0.1, 0.15) is 17.6 Å². The van der Waals surface area contributed by atoms with Crippen LogP contribution < -0.4 is 0 Å². The van der Waals surface area contributed by atoms with Crippen LogP contribution >= 0.6 is 0 Å². The van der Waals surface area contributed by atoms with E-state index in [9.17, 15) is 4.79 Å². The molecule has 0 spiro atoms. The highest BCUT2D eigenvalue weighted by Gasteiger charge is 2.27. The zero-order valence-electron chi connectivity index (χ0n) is 11.8. The molecule has 0 bridgehead atoms. The maximum Gasteiger partial charge on any atom is 0.272 e. The van der Waals surface area contributed by atoms with Crippen molar-refractivity contribution in [1.29, 1.82) is 0 Å². The Morgan fingerprint density at radius 2 is 2.19 bits per heavy atom. The van der Waals surface area contributed by atoms with Gasteiger partial charge in [-0.15, -0.1) is 0 Å². The molecule has 0 N–H and O–H groups in total. The molecule has 3 heterocycles. The number of nitrogens with zero attached hydrogens (tertiary/aromatic N) is 4. The van der Waals surface area contributed by atoms with Crippen molar-refractivity contribution in [3.63, 3.8) is 0 Å². The summed E-state index contributed by atoms with van der Waals surface area (Å²) in [5, 5.41) is 0. The number of ether oxygens (including phenoxy) is 1. The molecule has 108 valence electrons. The zero-order valence-corrected chi connectivity index (χ0v) is 11.8. The third-order valence-electron chi connectivity index (χ3n) is 3.37. The van der Waals surface area contributed by atoms with E-state index in [1.807, 2.05) is 19.1 Å². The van der Waals surface area contributed by atoms with Gasteiger partial charge < -0.3 is 9.64 Å². The molecule has 6 heteroatoms. The molecule has 1 atom stereocenters. The highest BCUT2D eigenvalue weighted by Crippen LogP contribution is 2.21. The quantitative estimate of drug-likeness (QED) is 0.833. The number of pyridine rings is 1. The predicted octanol–water partition coefficient (Wildman–Crippen LogP) is 1.39. The number of morpholine rings is 1. The van der Waals surface area contributed by atoms with E-state index in [0.717, 1.165) is 5.69 Å². The van der Waals surface area contributed by atoms with E-state index in [0.29, 0.717) is 31.2 Å². The Kier molecular flexibility index (Phi) is 3.87. The van der Waals surface area contributed by atoms with Crippen molar-refractivity contribution >= 4 is 5.91 Å². The van der Waals surface area contributed by atoms with Crippen LogP contribution in [0.1, 0.15) is 28.1 Å². The number of aromatic nitrogens is 3. The number of hydrogen-bond acceptors (Lipinski definition) is 5. The van der Waals surface area contributed by atoms with Gasteiger partial charge in [-0.1, -0.05) is 6.07 Å². The predicted molar refractivity (Wildman–Crippen MR) is 75.6 cm³/mol. The number of hydrogen-bond donors (Lipinski definition) is 0. The topological polar surface area (TPSA) is 68.2 Å². The lowest BCUT2D eigenvalue weighted by Crippen LogP contribution is -2.42. The van der Waals surface area contributed by atoms with Crippen molar-refractivity contribution in [2.45, 2.75) is 13.0 Å². The first-order chi connectivity index (χ1) is 10.2. The smallest absolute Gasteiger partial charge is 0.272 e. The van der Waals surface area contributed by atoms with Gasteiger partial charge in [-0.25, -0.2) is 9.97 Å². The molecule has 3 rings (SSSR count). The van der Waals surface area contributed by atoms with Gasteiger partial charge in [-0.2, -0.15) is 0 Å². The summed E-state index contributed by atoms with van der Waals surface area (Å²) in [6.07, 6.45) is 3.12. The molecule has 21 heavy (non-hydrogen) atoms. The van der Waals surface area contributed by atoms with E-state index in [1.54, 1.807) is 29.4 Å². The Morgan fingerprint density at radius 1 is 1.29 bits per heavy atom. The van der Waals surface area contributed by atoms with Crippen LogP contribution in [0.25, 0.3) is 0 Å². The second-order valence-corrected chi connectivity index (χ2v) is 4.85. The average Bonchev–Trinajstić information content (AvgIpc) is 2.55. The van der Waals surface area contributed by atoms with Crippen molar-refractivity contribution in [1.82, 2.24) is 19.9 Å². The van der Waals surface area contributed by atoms with Crippen LogP contribution in [0.3, 0.4) is 0 Å². The first-order valence-electron chi connectivity index (χ1n) is 6.85. The average molecular weight is 284 g/mol. The van der Waals surface area contributed by atoms with Gasteiger partial charge in [0, 0.05) is 18.9 Å². The summed E-state index contributed by atoms with van der Waals surface area (Å²) in [4.78, 5) is 26.7. The minimum atomic E-state index is -0.215. The first kappa shape index (κ1) is 13.6. The van der Waals surface area contributed by atoms with Gasteiger partial charge in [0.25, 0.3) is 5.91 Å². The molecule has 0 aromatic carbocycles. The van der Waals surface area contributed by atoms with E-state index in [2.05, 4.69) is 15.0 Å². The SMILES string of the molecule is Cc1nccc([C@@H]2CN(C(=O)c3ccccn3)CCO2)n1. The largest absolute Gasteiger partial charge is 0.368 e.